The minimum Gasteiger partial charge on any atom is -0.496 e. The van der Waals surface area contributed by atoms with Gasteiger partial charge in [-0.2, -0.15) is 4.98 Å². The lowest BCUT2D eigenvalue weighted by Crippen LogP contribution is -2.04. The zero-order valence-corrected chi connectivity index (χ0v) is 11.0. The number of rotatable bonds is 4. The first-order chi connectivity index (χ1) is 9.13. The fourth-order valence-corrected chi connectivity index (χ4v) is 1.66. The number of hydrogen-bond acceptors (Lipinski definition) is 6. The molecule has 0 atom stereocenters. The highest BCUT2D eigenvalue weighted by atomic mass is 16.5. The molecule has 19 heavy (non-hydrogen) atoms. The molecule has 1 aromatic carbocycles. The Hall–Kier alpha value is -2.37. The summed E-state index contributed by atoms with van der Waals surface area (Å²) in [6.45, 7) is 1.93. The molecule has 0 saturated carbocycles. The Kier molecular flexibility index (Phi) is 3.79. The lowest BCUT2D eigenvalue weighted by molar-refractivity contribution is -0.140. The van der Waals surface area contributed by atoms with Crippen LogP contribution in [0.2, 0.25) is 0 Å². The van der Waals surface area contributed by atoms with Crippen LogP contribution in [0, 0.1) is 6.92 Å². The van der Waals surface area contributed by atoms with Crippen LogP contribution in [0.4, 0.5) is 0 Å². The maximum absolute atomic E-state index is 11.1. The van der Waals surface area contributed by atoms with E-state index >= 15 is 0 Å². The van der Waals surface area contributed by atoms with E-state index in [1.54, 1.807) is 7.11 Å². The average Bonchev–Trinajstić information content (AvgIpc) is 2.87. The number of methoxy groups -OCH3 is 2. The van der Waals surface area contributed by atoms with Crippen molar-refractivity contribution in [3.8, 4) is 17.1 Å². The molecule has 0 bridgehead atoms. The topological polar surface area (TPSA) is 74.5 Å². The van der Waals surface area contributed by atoms with Crippen molar-refractivity contribution in [2.45, 2.75) is 13.3 Å². The van der Waals surface area contributed by atoms with Crippen LogP contribution >= 0.6 is 0 Å². The van der Waals surface area contributed by atoms with Crippen LogP contribution in [0.1, 0.15) is 11.5 Å². The maximum Gasteiger partial charge on any atom is 0.315 e. The van der Waals surface area contributed by atoms with Gasteiger partial charge in [-0.15, -0.1) is 0 Å². The minimum atomic E-state index is -0.416. The van der Waals surface area contributed by atoms with Crippen molar-refractivity contribution >= 4 is 5.97 Å². The van der Waals surface area contributed by atoms with Crippen molar-refractivity contribution in [2.24, 2.45) is 0 Å². The number of aromatic nitrogens is 2. The van der Waals surface area contributed by atoms with Gasteiger partial charge in [-0.3, -0.25) is 4.79 Å². The van der Waals surface area contributed by atoms with Crippen LogP contribution < -0.4 is 4.74 Å². The monoisotopic (exact) mass is 262 g/mol. The molecule has 100 valence electrons. The van der Waals surface area contributed by atoms with E-state index in [0.29, 0.717) is 5.82 Å². The molecule has 0 N–H and O–H groups in total. The summed E-state index contributed by atoms with van der Waals surface area (Å²) in [6, 6.07) is 5.56. The van der Waals surface area contributed by atoms with Crippen LogP contribution in [0.5, 0.6) is 5.75 Å². The molecule has 0 amide bonds. The van der Waals surface area contributed by atoms with Gasteiger partial charge in [0.15, 0.2) is 0 Å². The first-order valence-corrected chi connectivity index (χ1v) is 5.68. The molecule has 0 saturated heterocycles. The van der Waals surface area contributed by atoms with Crippen molar-refractivity contribution in [3.05, 3.63) is 29.7 Å². The zero-order valence-electron chi connectivity index (χ0n) is 11.0. The van der Waals surface area contributed by atoms with Crippen molar-refractivity contribution in [1.82, 2.24) is 10.1 Å². The number of aryl methyl sites for hydroxylation is 1. The number of esters is 1. The molecule has 6 heteroatoms. The molecule has 6 nitrogen and oxygen atoms in total. The Labute approximate surface area is 110 Å². The number of hydrogen-bond donors (Lipinski definition) is 0. The van der Waals surface area contributed by atoms with Crippen molar-refractivity contribution < 1.29 is 18.8 Å². The van der Waals surface area contributed by atoms with Gasteiger partial charge in [0.2, 0.25) is 11.7 Å². The fourth-order valence-electron chi connectivity index (χ4n) is 1.66. The van der Waals surface area contributed by atoms with Crippen molar-refractivity contribution in [1.29, 1.82) is 0 Å². The second kappa shape index (κ2) is 5.51. The molecule has 2 aromatic rings. The third-order valence-corrected chi connectivity index (χ3v) is 2.64. The molecular formula is C13H14N2O4. The van der Waals surface area contributed by atoms with E-state index in [0.717, 1.165) is 16.9 Å². The number of ether oxygens (including phenoxy) is 2. The van der Waals surface area contributed by atoms with Crippen LogP contribution in [0.15, 0.2) is 22.7 Å². The Morgan fingerprint density at radius 2 is 2.16 bits per heavy atom. The van der Waals surface area contributed by atoms with E-state index in [-0.39, 0.29) is 12.3 Å². The van der Waals surface area contributed by atoms with Gasteiger partial charge in [-0.25, -0.2) is 0 Å². The summed E-state index contributed by atoms with van der Waals surface area (Å²) in [5.41, 5.74) is 1.78. The molecule has 0 unspecified atom stereocenters. The first kappa shape index (κ1) is 13.1. The van der Waals surface area contributed by atoms with Gasteiger partial charge in [0.05, 0.1) is 14.2 Å². The van der Waals surface area contributed by atoms with E-state index in [2.05, 4.69) is 14.9 Å². The largest absolute Gasteiger partial charge is 0.496 e. The van der Waals surface area contributed by atoms with E-state index < -0.39 is 5.97 Å². The summed E-state index contributed by atoms with van der Waals surface area (Å²) in [4.78, 5) is 15.2. The predicted octanol–water partition coefficient (Wildman–Crippen LogP) is 1.77. The molecule has 0 spiro atoms. The highest BCUT2D eigenvalue weighted by molar-refractivity contribution is 5.71. The fraction of sp³-hybridized carbons (Fsp3) is 0.308. The molecule has 1 aromatic heterocycles. The van der Waals surface area contributed by atoms with E-state index in [4.69, 9.17) is 9.26 Å². The number of carbonyl (C=O) groups excluding carboxylic acids is 1. The molecule has 0 fully saturated rings. The van der Waals surface area contributed by atoms with Crippen LogP contribution in [-0.4, -0.2) is 30.3 Å². The predicted molar refractivity (Wildman–Crippen MR) is 66.7 cm³/mol. The van der Waals surface area contributed by atoms with Crippen LogP contribution in [0.25, 0.3) is 11.4 Å². The normalized spacial score (nSPS) is 10.3. The van der Waals surface area contributed by atoms with Crippen molar-refractivity contribution in [2.75, 3.05) is 14.2 Å². The van der Waals surface area contributed by atoms with Gasteiger partial charge >= 0.3 is 5.97 Å². The lowest BCUT2D eigenvalue weighted by atomic mass is 10.1. The third kappa shape index (κ3) is 2.90. The van der Waals surface area contributed by atoms with Gasteiger partial charge in [-0.05, 0) is 30.7 Å². The third-order valence-electron chi connectivity index (χ3n) is 2.64. The molecular weight excluding hydrogens is 248 g/mol. The van der Waals surface area contributed by atoms with Gasteiger partial charge in [0, 0.05) is 5.56 Å². The summed E-state index contributed by atoms with van der Waals surface area (Å²) in [5, 5.41) is 3.84. The second-order valence-electron chi connectivity index (χ2n) is 3.95. The number of nitrogens with zero attached hydrogens (tertiary/aromatic N) is 2. The summed E-state index contributed by atoms with van der Waals surface area (Å²) in [5.74, 6) is 1.04. The SMILES string of the molecule is COC(=O)Cc1nc(-c2ccc(OC)c(C)c2)no1. The van der Waals surface area contributed by atoms with Gasteiger partial charge in [-0.1, -0.05) is 5.16 Å². The van der Waals surface area contributed by atoms with Gasteiger partial charge in [0.25, 0.3) is 0 Å². The highest BCUT2D eigenvalue weighted by Crippen LogP contribution is 2.24. The number of benzene rings is 1. The summed E-state index contributed by atoms with van der Waals surface area (Å²) >= 11 is 0. The Morgan fingerprint density at radius 1 is 1.37 bits per heavy atom. The Balaban J connectivity index is 2.23. The van der Waals surface area contributed by atoms with Gasteiger partial charge < -0.3 is 14.0 Å². The lowest BCUT2D eigenvalue weighted by Gasteiger charge is -2.04. The van der Waals surface area contributed by atoms with E-state index in [1.807, 2.05) is 25.1 Å². The quantitative estimate of drug-likeness (QED) is 0.782. The average molecular weight is 262 g/mol. The summed E-state index contributed by atoms with van der Waals surface area (Å²) in [6.07, 6.45) is -0.0291. The molecule has 0 aliphatic carbocycles. The standard InChI is InChI=1S/C13H14N2O4/c1-8-6-9(4-5-10(8)17-2)13-14-11(19-15-13)7-12(16)18-3/h4-6H,7H2,1-3H3. The Morgan fingerprint density at radius 3 is 2.79 bits per heavy atom. The van der Waals surface area contributed by atoms with Crippen LogP contribution in [0.3, 0.4) is 0 Å². The molecule has 2 rings (SSSR count). The maximum atomic E-state index is 11.1. The smallest absolute Gasteiger partial charge is 0.315 e. The van der Waals surface area contributed by atoms with E-state index in [9.17, 15) is 4.79 Å². The molecule has 1 heterocycles. The summed E-state index contributed by atoms with van der Waals surface area (Å²) in [7, 11) is 2.93. The highest BCUT2D eigenvalue weighted by Gasteiger charge is 2.13. The zero-order chi connectivity index (χ0) is 13.8. The molecule has 0 aliphatic rings. The first-order valence-electron chi connectivity index (χ1n) is 5.68. The van der Waals surface area contributed by atoms with Gasteiger partial charge in [0.1, 0.15) is 12.2 Å². The van der Waals surface area contributed by atoms with E-state index in [1.165, 1.54) is 7.11 Å². The van der Waals surface area contributed by atoms with Crippen LogP contribution in [-0.2, 0) is 16.0 Å². The Bertz CT molecular complexity index is 592. The van der Waals surface area contributed by atoms with Crippen molar-refractivity contribution in [3.63, 3.8) is 0 Å². The molecule has 0 radical (unpaired) electrons. The minimum absolute atomic E-state index is 0.0291. The second-order valence-corrected chi connectivity index (χ2v) is 3.95. The number of carbonyl (C=O) groups is 1. The molecule has 0 aliphatic heterocycles. The summed E-state index contributed by atoms with van der Waals surface area (Å²) < 4.78 is 14.7.